The highest BCUT2D eigenvalue weighted by Gasteiger charge is 2.22. The van der Waals surface area contributed by atoms with Crippen LogP contribution in [0.1, 0.15) is 49.0 Å². The number of carbonyl (C=O) groups is 1. The SMILES string of the molecule is Clc1nn(CC2CCC2)nc1Br.O=C(O)c1nn(CC2CCC2)nc1Cl. The molecule has 2 aliphatic carbocycles. The minimum Gasteiger partial charge on any atom is -0.476 e. The third-order valence-corrected chi connectivity index (χ3v) is 5.96. The van der Waals surface area contributed by atoms with Gasteiger partial charge in [0.05, 0.1) is 13.1 Å². The molecule has 0 amide bonds. The van der Waals surface area contributed by atoms with Gasteiger partial charge in [0.25, 0.3) is 0 Å². The predicted octanol–water partition coefficient (Wildman–Crippen LogP) is 3.92. The molecule has 0 bridgehead atoms. The van der Waals surface area contributed by atoms with Crippen LogP contribution in [0.2, 0.25) is 10.3 Å². The topological polar surface area (TPSA) is 98.7 Å². The highest BCUT2D eigenvalue weighted by Crippen LogP contribution is 2.28. The van der Waals surface area contributed by atoms with Gasteiger partial charge in [0, 0.05) is 0 Å². The van der Waals surface area contributed by atoms with Crippen LogP contribution in [0.25, 0.3) is 0 Å². The summed E-state index contributed by atoms with van der Waals surface area (Å²) in [7, 11) is 0. The predicted molar refractivity (Wildman–Crippen MR) is 99.4 cm³/mol. The van der Waals surface area contributed by atoms with Crippen molar-refractivity contribution in [2.24, 2.45) is 11.8 Å². The first-order valence-electron chi connectivity index (χ1n) is 8.52. The summed E-state index contributed by atoms with van der Waals surface area (Å²) in [5.41, 5.74) is -0.161. The van der Waals surface area contributed by atoms with Crippen molar-refractivity contribution in [3.05, 3.63) is 20.6 Å². The van der Waals surface area contributed by atoms with Gasteiger partial charge >= 0.3 is 5.97 Å². The lowest BCUT2D eigenvalue weighted by Gasteiger charge is -2.24. The van der Waals surface area contributed by atoms with Gasteiger partial charge in [-0.1, -0.05) is 36.0 Å². The van der Waals surface area contributed by atoms with E-state index in [1.807, 2.05) is 0 Å². The maximum absolute atomic E-state index is 10.6. The summed E-state index contributed by atoms with van der Waals surface area (Å²) in [6.07, 6.45) is 7.53. The zero-order valence-electron chi connectivity index (χ0n) is 14.0. The van der Waals surface area contributed by atoms with E-state index in [-0.39, 0.29) is 10.8 Å². The van der Waals surface area contributed by atoms with Gasteiger partial charge < -0.3 is 5.11 Å². The number of carboxylic acid groups (broad SMARTS) is 1. The Morgan fingerprint density at radius 3 is 1.81 bits per heavy atom. The molecule has 1 N–H and O–H groups in total. The van der Waals surface area contributed by atoms with Crippen molar-refractivity contribution in [1.82, 2.24) is 30.0 Å². The largest absolute Gasteiger partial charge is 0.476 e. The van der Waals surface area contributed by atoms with Crippen LogP contribution in [0, 0.1) is 11.8 Å². The van der Waals surface area contributed by atoms with Gasteiger partial charge in [-0.25, -0.2) is 4.79 Å². The molecule has 2 saturated carbocycles. The highest BCUT2D eigenvalue weighted by atomic mass is 79.9. The molecule has 0 aliphatic heterocycles. The third kappa shape index (κ3) is 4.95. The quantitative estimate of drug-likeness (QED) is 0.718. The summed E-state index contributed by atoms with van der Waals surface area (Å²) >= 11 is 14.6. The van der Waals surface area contributed by atoms with E-state index in [9.17, 15) is 4.79 Å². The lowest BCUT2D eigenvalue weighted by molar-refractivity contribution is 0.0689. The van der Waals surface area contributed by atoms with Crippen LogP contribution in [0.15, 0.2) is 4.60 Å². The molecule has 2 aromatic heterocycles. The number of hydrogen-bond acceptors (Lipinski definition) is 5. The average Bonchev–Trinajstić information content (AvgIpc) is 3.02. The Bertz CT molecular complexity index is 753. The van der Waals surface area contributed by atoms with Gasteiger partial charge in [0.1, 0.15) is 0 Å². The Labute approximate surface area is 169 Å². The van der Waals surface area contributed by atoms with Crippen LogP contribution in [0.3, 0.4) is 0 Å². The minimum atomic E-state index is -1.13. The number of halogens is 3. The van der Waals surface area contributed by atoms with Crippen LogP contribution in [0.4, 0.5) is 0 Å². The fourth-order valence-electron chi connectivity index (χ4n) is 2.74. The first-order chi connectivity index (χ1) is 12.4. The van der Waals surface area contributed by atoms with Gasteiger partial charge in [0.2, 0.25) is 5.69 Å². The maximum atomic E-state index is 10.6. The molecule has 2 heterocycles. The summed E-state index contributed by atoms with van der Waals surface area (Å²) in [5.74, 6) is 0.218. The Morgan fingerprint density at radius 2 is 1.46 bits per heavy atom. The number of rotatable bonds is 5. The Hall–Kier alpha value is -1.19. The van der Waals surface area contributed by atoms with E-state index in [4.69, 9.17) is 28.3 Å². The second-order valence-electron chi connectivity index (χ2n) is 6.63. The maximum Gasteiger partial charge on any atom is 0.359 e. The molecule has 11 heteroatoms. The molecule has 2 aliphatic rings. The summed E-state index contributed by atoms with van der Waals surface area (Å²) in [4.78, 5) is 13.7. The van der Waals surface area contributed by atoms with Crippen molar-refractivity contribution < 1.29 is 9.90 Å². The fourth-order valence-corrected chi connectivity index (χ4v) is 3.34. The molecule has 2 fully saturated rings. The molecule has 8 nitrogen and oxygen atoms in total. The zero-order chi connectivity index (χ0) is 18.7. The third-order valence-electron chi connectivity index (χ3n) is 4.69. The second-order valence-corrected chi connectivity index (χ2v) is 8.10. The van der Waals surface area contributed by atoms with E-state index in [2.05, 4.69) is 36.3 Å². The van der Waals surface area contributed by atoms with E-state index in [1.165, 1.54) is 43.3 Å². The van der Waals surface area contributed by atoms with Crippen LogP contribution >= 0.6 is 39.1 Å². The molecule has 4 rings (SSSR count). The highest BCUT2D eigenvalue weighted by molar-refractivity contribution is 9.10. The van der Waals surface area contributed by atoms with E-state index in [1.54, 1.807) is 4.80 Å². The fraction of sp³-hybridized carbons (Fsp3) is 0.667. The average molecular weight is 466 g/mol. The molecule has 0 saturated heterocycles. The summed E-state index contributed by atoms with van der Waals surface area (Å²) in [5, 5.41) is 24.9. The van der Waals surface area contributed by atoms with Gasteiger partial charge in [0.15, 0.2) is 14.9 Å². The lowest BCUT2D eigenvalue weighted by atomic mass is 9.86. The van der Waals surface area contributed by atoms with E-state index < -0.39 is 5.97 Å². The molecule has 26 heavy (non-hydrogen) atoms. The Morgan fingerprint density at radius 1 is 0.962 bits per heavy atom. The minimum absolute atomic E-state index is 0.0307. The number of aromatic nitrogens is 6. The van der Waals surface area contributed by atoms with Gasteiger partial charge in [-0.15, -0.1) is 20.4 Å². The number of hydrogen-bond donors (Lipinski definition) is 1. The first kappa shape index (κ1) is 19.6. The molecule has 0 radical (unpaired) electrons. The van der Waals surface area contributed by atoms with E-state index >= 15 is 0 Å². The number of aromatic carboxylic acids is 1. The molecule has 0 aromatic carbocycles. The summed E-state index contributed by atoms with van der Waals surface area (Å²) < 4.78 is 0.642. The molecular formula is C15H19BrCl2N6O2. The second kappa shape index (κ2) is 8.67. The normalized spacial score (nSPS) is 17.2. The smallest absolute Gasteiger partial charge is 0.359 e. The van der Waals surface area contributed by atoms with Crippen LogP contribution in [0.5, 0.6) is 0 Å². The van der Waals surface area contributed by atoms with Gasteiger partial charge in [-0.2, -0.15) is 9.59 Å². The van der Waals surface area contributed by atoms with Crippen molar-refractivity contribution in [2.45, 2.75) is 51.6 Å². The number of carboxylic acids is 1. The monoisotopic (exact) mass is 464 g/mol. The standard InChI is InChI=1S/C8H10ClN3O2.C7H9BrClN3/c9-7-6(8(13)14)10-12(11-7)4-5-2-1-3-5;8-6-7(9)11-12(10-6)4-5-2-1-3-5/h5H,1-4H2,(H,13,14);5H,1-4H2. The van der Waals surface area contributed by atoms with Crippen molar-refractivity contribution in [3.63, 3.8) is 0 Å². The summed E-state index contributed by atoms with van der Waals surface area (Å²) in [6.45, 7) is 1.58. The summed E-state index contributed by atoms with van der Waals surface area (Å²) in [6, 6.07) is 0. The van der Waals surface area contributed by atoms with Gasteiger partial charge in [-0.3, -0.25) is 0 Å². The Kier molecular flexibility index (Phi) is 6.52. The zero-order valence-corrected chi connectivity index (χ0v) is 17.1. The molecule has 0 spiro atoms. The number of nitrogens with zero attached hydrogens (tertiary/aromatic N) is 6. The molecule has 0 atom stereocenters. The lowest BCUT2D eigenvalue weighted by Crippen LogP contribution is -2.19. The van der Waals surface area contributed by atoms with E-state index in [0.717, 1.165) is 12.5 Å². The molecular weight excluding hydrogens is 447 g/mol. The molecule has 142 valence electrons. The Balaban J connectivity index is 0.000000152. The van der Waals surface area contributed by atoms with Crippen molar-refractivity contribution in [1.29, 1.82) is 0 Å². The van der Waals surface area contributed by atoms with Crippen LogP contribution in [-0.2, 0) is 13.1 Å². The van der Waals surface area contributed by atoms with Crippen LogP contribution < -0.4 is 0 Å². The first-order valence-corrected chi connectivity index (χ1v) is 10.1. The van der Waals surface area contributed by atoms with E-state index in [0.29, 0.717) is 22.2 Å². The molecule has 2 aromatic rings. The van der Waals surface area contributed by atoms with Crippen molar-refractivity contribution in [2.75, 3.05) is 0 Å². The molecule has 0 unspecified atom stereocenters. The van der Waals surface area contributed by atoms with Gasteiger partial charge in [-0.05, 0) is 53.4 Å². The van der Waals surface area contributed by atoms with Crippen molar-refractivity contribution >= 4 is 45.1 Å². The van der Waals surface area contributed by atoms with Crippen molar-refractivity contribution in [3.8, 4) is 0 Å². The van der Waals surface area contributed by atoms with Crippen LogP contribution in [-0.4, -0.2) is 41.1 Å².